The number of anilines is 1. The van der Waals surface area contributed by atoms with E-state index in [4.69, 9.17) is 0 Å². The molecule has 0 unspecified atom stereocenters. The van der Waals surface area contributed by atoms with Gasteiger partial charge in [-0.05, 0) is 35.7 Å². The van der Waals surface area contributed by atoms with Gasteiger partial charge in [-0.2, -0.15) is 0 Å². The highest BCUT2D eigenvalue weighted by atomic mass is 32.2. The summed E-state index contributed by atoms with van der Waals surface area (Å²) >= 11 is 1.51. The number of pyridine rings is 1. The molecule has 0 aliphatic rings. The monoisotopic (exact) mass is 336 g/mol. The van der Waals surface area contributed by atoms with Crippen LogP contribution in [0.2, 0.25) is 0 Å². The van der Waals surface area contributed by atoms with E-state index in [1.54, 1.807) is 6.20 Å². The molecule has 0 saturated carbocycles. The zero-order chi connectivity index (χ0) is 16.9. The van der Waals surface area contributed by atoms with Crippen LogP contribution in [0.3, 0.4) is 0 Å². The summed E-state index contributed by atoms with van der Waals surface area (Å²) in [5.74, 6) is 0.844. The van der Waals surface area contributed by atoms with Crippen molar-refractivity contribution in [1.82, 2.24) is 4.98 Å². The topological polar surface area (TPSA) is 42.0 Å². The number of nitrogens with one attached hydrogen (secondary N) is 1. The van der Waals surface area contributed by atoms with Crippen LogP contribution in [0.1, 0.15) is 25.3 Å². The SMILES string of the molecule is CC(C)c1ccc(NC(=O)CSc2cccc3cccnc23)cc1. The van der Waals surface area contributed by atoms with Crippen molar-refractivity contribution in [1.29, 1.82) is 0 Å². The quantitative estimate of drug-likeness (QED) is 0.660. The molecule has 0 aliphatic carbocycles. The maximum absolute atomic E-state index is 12.2. The van der Waals surface area contributed by atoms with E-state index in [2.05, 4.69) is 36.3 Å². The highest BCUT2D eigenvalue weighted by molar-refractivity contribution is 8.00. The third-order valence-corrected chi connectivity index (χ3v) is 4.86. The molecule has 0 spiro atoms. The number of hydrogen-bond acceptors (Lipinski definition) is 3. The molecule has 0 radical (unpaired) electrons. The van der Waals surface area contributed by atoms with Crippen LogP contribution in [0.15, 0.2) is 65.7 Å². The smallest absolute Gasteiger partial charge is 0.234 e. The minimum absolute atomic E-state index is 0.00905. The van der Waals surface area contributed by atoms with E-state index in [9.17, 15) is 4.79 Å². The highest BCUT2D eigenvalue weighted by Gasteiger charge is 2.07. The van der Waals surface area contributed by atoms with Gasteiger partial charge >= 0.3 is 0 Å². The first-order valence-corrected chi connectivity index (χ1v) is 8.98. The van der Waals surface area contributed by atoms with Crippen molar-refractivity contribution in [2.75, 3.05) is 11.1 Å². The molecule has 122 valence electrons. The number of rotatable bonds is 5. The number of hydrogen-bond donors (Lipinski definition) is 1. The van der Waals surface area contributed by atoms with Gasteiger partial charge in [0.05, 0.1) is 11.3 Å². The largest absolute Gasteiger partial charge is 0.325 e. The van der Waals surface area contributed by atoms with Gasteiger partial charge in [0.1, 0.15) is 0 Å². The van der Waals surface area contributed by atoms with Gasteiger partial charge in [0, 0.05) is 22.2 Å². The second kappa shape index (κ2) is 7.49. The molecule has 3 nitrogen and oxygen atoms in total. The van der Waals surface area contributed by atoms with Crippen molar-refractivity contribution < 1.29 is 4.79 Å². The molecular weight excluding hydrogens is 316 g/mol. The second-order valence-corrected chi connectivity index (χ2v) is 6.96. The minimum Gasteiger partial charge on any atom is -0.325 e. The zero-order valence-corrected chi connectivity index (χ0v) is 14.6. The van der Waals surface area contributed by atoms with Crippen molar-refractivity contribution in [2.45, 2.75) is 24.7 Å². The molecule has 2 aromatic carbocycles. The summed E-state index contributed by atoms with van der Waals surface area (Å²) in [5, 5.41) is 4.04. The van der Waals surface area contributed by atoms with Crippen molar-refractivity contribution >= 4 is 34.3 Å². The molecule has 0 fully saturated rings. The van der Waals surface area contributed by atoms with Crippen LogP contribution in [0.4, 0.5) is 5.69 Å². The second-order valence-electron chi connectivity index (χ2n) is 5.94. The fourth-order valence-electron chi connectivity index (χ4n) is 2.48. The molecule has 1 aromatic heterocycles. The normalized spacial score (nSPS) is 11.0. The van der Waals surface area contributed by atoms with Crippen molar-refractivity contribution in [3.63, 3.8) is 0 Å². The lowest BCUT2D eigenvalue weighted by Crippen LogP contribution is -2.14. The Morgan fingerprint density at radius 2 is 1.83 bits per heavy atom. The summed E-state index contributed by atoms with van der Waals surface area (Å²) in [4.78, 5) is 17.6. The van der Waals surface area contributed by atoms with Gasteiger partial charge in [-0.3, -0.25) is 9.78 Å². The molecule has 4 heteroatoms. The van der Waals surface area contributed by atoms with Gasteiger partial charge in [-0.25, -0.2) is 0 Å². The Morgan fingerprint density at radius 1 is 1.08 bits per heavy atom. The van der Waals surface area contributed by atoms with E-state index in [-0.39, 0.29) is 5.91 Å². The third kappa shape index (κ3) is 3.95. The lowest BCUT2D eigenvalue weighted by molar-refractivity contribution is -0.113. The first-order chi connectivity index (χ1) is 11.6. The molecule has 0 atom stereocenters. The van der Waals surface area contributed by atoms with Crippen LogP contribution in [-0.2, 0) is 4.79 Å². The average Bonchev–Trinajstić information content (AvgIpc) is 2.60. The summed E-state index contributed by atoms with van der Waals surface area (Å²) in [5.41, 5.74) is 3.05. The number of para-hydroxylation sites is 1. The van der Waals surface area contributed by atoms with Crippen LogP contribution in [-0.4, -0.2) is 16.6 Å². The van der Waals surface area contributed by atoms with Gasteiger partial charge in [0.2, 0.25) is 5.91 Å². The predicted octanol–water partition coefficient (Wildman–Crippen LogP) is 5.09. The predicted molar refractivity (Wildman–Crippen MR) is 102 cm³/mol. The van der Waals surface area contributed by atoms with Gasteiger partial charge in [-0.15, -0.1) is 11.8 Å². The molecule has 1 N–H and O–H groups in total. The number of thioether (sulfide) groups is 1. The Bertz CT molecular complexity index is 838. The molecule has 24 heavy (non-hydrogen) atoms. The zero-order valence-electron chi connectivity index (χ0n) is 13.8. The Labute approximate surface area is 146 Å². The number of carbonyl (C=O) groups is 1. The van der Waals surface area contributed by atoms with Crippen molar-refractivity contribution in [3.8, 4) is 0 Å². The lowest BCUT2D eigenvalue weighted by Gasteiger charge is -2.09. The van der Waals surface area contributed by atoms with Crippen LogP contribution < -0.4 is 5.32 Å². The number of fused-ring (bicyclic) bond motifs is 1. The van der Waals surface area contributed by atoms with Crippen molar-refractivity contribution in [2.24, 2.45) is 0 Å². The molecular formula is C20H20N2OS. The Balaban J connectivity index is 1.63. The van der Waals surface area contributed by atoms with E-state index in [1.807, 2.05) is 42.5 Å². The summed E-state index contributed by atoms with van der Waals surface area (Å²) in [6.45, 7) is 4.31. The first kappa shape index (κ1) is 16.5. The number of amides is 1. The Hall–Kier alpha value is -2.33. The number of nitrogens with zero attached hydrogens (tertiary/aromatic N) is 1. The summed E-state index contributed by atoms with van der Waals surface area (Å²) in [6, 6.07) is 18.0. The van der Waals surface area contributed by atoms with E-state index in [1.165, 1.54) is 17.3 Å². The highest BCUT2D eigenvalue weighted by Crippen LogP contribution is 2.26. The van der Waals surface area contributed by atoms with Crippen LogP contribution in [0, 0.1) is 0 Å². The molecule has 0 bridgehead atoms. The molecule has 0 aliphatic heterocycles. The number of benzene rings is 2. The van der Waals surface area contributed by atoms with E-state index >= 15 is 0 Å². The van der Waals surface area contributed by atoms with E-state index < -0.39 is 0 Å². The van der Waals surface area contributed by atoms with Gasteiger partial charge in [0.15, 0.2) is 0 Å². The Morgan fingerprint density at radius 3 is 2.58 bits per heavy atom. The van der Waals surface area contributed by atoms with E-state index in [0.717, 1.165) is 21.5 Å². The van der Waals surface area contributed by atoms with Crippen LogP contribution in [0.25, 0.3) is 10.9 Å². The standard InChI is InChI=1S/C20H20N2OS/c1-14(2)15-8-10-17(11-9-15)22-19(23)13-24-18-7-3-5-16-6-4-12-21-20(16)18/h3-12,14H,13H2,1-2H3,(H,22,23). The Kier molecular flexibility index (Phi) is 5.16. The maximum Gasteiger partial charge on any atom is 0.234 e. The number of aromatic nitrogens is 1. The molecule has 3 aromatic rings. The van der Waals surface area contributed by atoms with Crippen LogP contribution >= 0.6 is 11.8 Å². The third-order valence-electron chi connectivity index (χ3n) is 3.82. The minimum atomic E-state index is -0.00905. The van der Waals surface area contributed by atoms with Crippen LogP contribution in [0.5, 0.6) is 0 Å². The first-order valence-electron chi connectivity index (χ1n) is 8.00. The summed E-state index contributed by atoms with van der Waals surface area (Å²) < 4.78 is 0. The summed E-state index contributed by atoms with van der Waals surface area (Å²) in [6.07, 6.45) is 1.78. The fourth-order valence-corrected chi connectivity index (χ4v) is 3.33. The van der Waals surface area contributed by atoms with Crippen molar-refractivity contribution in [3.05, 3.63) is 66.4 Å². The van der Waals surface area contributed by atoms with Gasteiger partial charge < -0.3 is 5.32 Å². The lowest BCUT2D eigenvalue weighted by atomic mass is 10.0. The van der Waals surface area contributed by atoms with Gasteiger partial charge in [-0.1, -0.05) is 44.2 Å². The molecule has 0 saturated heterocycles. The van der Waals surface area contributed by atoms with Gasteiger partial charge in [0.25, 0.3) is 0 Å². The molecule has 3 rings (SSSR count). The average molecular weight is 336 g/mol. The number of carbonyl (C=O) groups excluding carboxylic acids is 1. The fraction of sp³-hybridized carbons (Fsp3) is 0.200. The summed E-state index contributed by atoms with van der Waals surface area (Å²) in [7, 11) is 0. The maximum atomic E-state index is 12.2. The van der Waals surface area contributed by atoms with E-state index in [0.29, 0.717) is 11.7 Å². The molecule has 1 amide bonds. The molecule has 1 heterocycles.